The summed E-state index contributed by atoms with van der Waals surface area (Å²) in [5.74, 6) is 0.808. The lowest BCUT2D eigenvalue weighted by atomic mass is 9.97. The van der Waals surface area contributed by atoms with Crippen LogP contribution < -0.4 is 10.6 Å². The lowest BCUT2D eigenvalue weighted by Crippen LogP contribution is -2.39. The van der Waals surface area contributed by atoms with Gasteiger partial charge in [0.1, 0.15) is 0 Å². The summed E-state index contributed by atoms with van der Waals surface area (Å²) in [6.07, 6.45) is 2.43. The normalized spacial score (nSPS) is 16.0. The number of hydrogen-bond acceptors (Lipinski definition) is 3. The Morgan fingerprint density at radius 3 is 2.50 bits per heavy atom. The molecular formula is C18H29N3O. The van der Waals surface area contributed by atoms with E-state index < -0.39 is 0 Å². The van der Waals surface area contributed by atoms with E-state index in [4.69, 9.17) is 0 Å². The van der Waals surface area contributed by atoms with E-state index >= 15 is 0 Å². The predicted octanol–water partition coefficient (Wildman–Crippen LogP) is 2.56. The monoisotopic (exact) mass is 303 g/mol. The van der Waals surface area contributed by atoms with Gasteiger partial charge in [-0.3, -0.25) is 9.69 Å². The number of hydrogen-bond donors (Lipinski definition) is 2. The maximum Gasteiger partial charge on any atom is 0.238 e. The maximum atomic E-state index is 12.4. The van der Waals surface area contributed by atoms with Gasteiger partial charge in [0.05, 0.1) is 6.54 Å². The molecule has 1 amide bonds. The number of aryl methyl sites for hydroxylation is 2. The highest BCUT2D eigenvalue weighted by Gasteiger charge is 2.18. The van der Waals surface area contributed by atoms with E-state index in [1.54, 1.807) is 0 Å². The second-order valence-electron chi connectivity index (χ2n) is 6.34. The summed E-state index contributed by atoms with van der Waals surface area (Å²) < 4.78 is 0. The van der Waals surface area contributed by atoms with Crippen molar-refractivity contribution < 1.29 is 4.79 Å². The molecule has 2 rings (SSSR count). The molecule has 4 heteroatoms. The molecule has 0 atom stereocenters. The number of anilines is 1. The number of carbonyl (C=O) groups is 1. The summed E-state index contributed by atoms with van der Waals surface area (Å²) in [5.41, 5.74) is 3.20. The first-order valence-corrected chi connectivity index (χ1v) is 8.39. The molecule has 122 valence electrons. The maximum absolute atomic E-state index is 12.4. The summed E-state index contributed by atoms with van der Waals surface area (Å²) >= 11 is 0. The minimum absolute atomic E-state index is 0.0909. The molecule has 1 saturated heterocycles. The molecule has 1 aromatic carbocycles. The van der Waals surface area contributed by atoms with E-state index in [0.29, 0.717) is 12.5 Å². The highest BCUT2D eigenvalue weighted by Crippen LogP contribution is 2.19. The quantitative estimate of drug-likeness (QED) is 0.849. The summed E-state index contributed by atoms with van der Waals surface area (Å²) in [5, 5.41) is 6.48. The van der Waals surface area contributed by atoms with Crippen molar-refractivity contribution in [2.45, 2.75) is 33.6 Å². The van der Waals surface area contributed by atoms with Crippen molar-refractivity contribution in [1.29, 1.82) is 0 Å². The van der Waals surface area contributed by atoms with Gasteiger partial charge in [-0.05, 0) is 63.4 Å². The Hall–Kier alpha value is -1.39. The third kappa shape index (κ3) is 4.82. The van der Waals surface area contributed by atoms with Gasteiger partial charge in [-0.2, -0.15) is 0 Å². The van der Waals surface area contributed by atoms with E-state index in [-0.39, 0.29) is 5.91 Å². The van der Waals surface area contributed by atoms with Gasteiger partial charge >= 0.3 is 0 Å². The van der Waals surface area contributed by atoms with Crippen LogP contribution in [0.4, 0.5) is 5.69 Å². The Labute approximate surface area is 134 Å². The first kappa shape index (κ1) is 17.0. The molecule has 0 bridgehead atoms. The van der Waals surface area contributed by atoms with Gasteiger partial charge in [0, 0.05) is 12.2 Å². The molecule has 1 aliphatic heterocycles. The van der Waals surface area contributed by atoms with Crippen LogP contribution in [0.3, 0.4) is 0 Å². The zero-order valence-corrected chi connectivity index (χ0v) is 14.1. The Bertz CT molecular complexity index is 475. The van der Waals surface area contributed by atoms with Crippen LogP contribution in [0.15, 0.2) is 18.2 Å². The molecule has 1 heterocycles. The van der Waals surface area contributed by atoms with Crippen LogP contribution >= 0.6 is 0 Å². The van der Waals surface area contributed by atoms with Crippen LogP contribution in [0.25, 0.3) is 0 Å². The van der Waals surface area contributed by atoms with Gasteiger partial charge in [0.15, 0.2) is 0 Å². The minimum Gasteiger partial charge on any atom is -0.324 e. The largest absolute Gasteiger partial charge is 0.324 e. The third-order valence-electron chi connectivity index (χ3n) is 4.54. The van der Waals surface area contributed by atoms with Crippen molar-refractivity contribution in [2.75, 3.05) is 38.0 Å². The van der Waals surface area contributed by atoms with E-state index in [0.717, 1.165) is 43.0 Å². The Morgan fingerprint density at radius 1 is 1.27 bits per heavy atom. The summed E-state index contributed by atoms with van der Waals surface area (Å²) in [6, 6.07) is 6.10. The Morgan fingerprint density at radius 2 is 1.91 bits per heavy atom. The standard InChI is InChI=1S/C18H29N3O/c1-4-21(12-16-8-10-19-11-9-16)13-17(22)20-18-14(2)6-5-7-15(18)3/h5-7,16,19H,4,8-13H2,1-3H3,(H,20,22). The van der Waals surface area contributed by atoms with Crippen molar-refractivity contribution in [1.82, 2.24) is 10.2 Å². The van der Waals surface area contributed by atoms with E-state index in [1.165, 1.54) is 12.8 Å². The number of nitrogens with zero attached hydrogens (tertiary/aromatic N) is 1. The summed E-state index contributed by atoms with van der Waals surface area (Å²) in [6.45, 7) is 10.8. The van der Waals surface area contributed by atoms with Gasteiger partial charge in [-0.1, -0.05) is 25.1 Å². The van der Waals surface area contributed by atoms with Gasteiger partial charge in [0.2, 0.25) is 5.91 Å². The SMILES string of the molecule is CCN(CC(=O)Nc1c(C)cccc1C)CC1CCNCC1. The van der Waals surface area contributed by atoms with Gasteiger partial charge < -0.3 is 10.6 Å². The topological polar surface area (TPSA) is 44.4 Å². The van der Waals surface area contributed by atoms with E-state index in [9.17, 15) is 4.79 Å². The molecule has 0 aliphatic carbocycles. The van der Waals surface area contributed by atoms with Crippen LogP contribution in [-0.4, -0.2) is 43.5 Å². The van der Waals surface area contributed by atoms with E-state index in [2.05, 4.69) is 22.5 Å². The predicted molar refractivity (Wildman–Crippen MR) is 92.3 cm³/mol. The second kappa shape index (κ2) is 8.30. The van der Waals surface area contributed by atoms with Gasteiger partial charge in [0.25, 0.3) is 0 Å². The average molecular weight is 303 g/mol. The molecule has 1 aromatic rings. The zero-order valence-electron chi connectivity index (χ0n) is 14.1. The average Bonchev–Trinajstić information content (AvgIpc) is 2.51. The van der Waals surface area contributed by atoms with Crippen LogP contribution in [0.5, 0.6) is 0 Å². The van der Waals surface area contributed by atoms with Crippen molar-refractivity contribution in [3.8, 4) is 0 Å². The van der Waals surface area contributed by atoms with Crippen molar-refractivity contribution >= 4 is 11.6 Å². The first-order chi connectivity index (χ1) is 10.6. The molecule has 4 nitrogen and oxygen atoms in total. The van der Waals surface area contributed by atoms with E-state index in [1.807, 2.05) is 32.0 Å². The Kier molecular flexibility index (Phi) is 6.40. The minimum atomic E-state index is 0.0909. The lowest BCUT2D eigenvalue weighted by molar-refractivity contribution is -0.117. The molecule has 0 aromatic heterocycles. The molecule has 0 radical (unpaired) electrons. The number of amides is 1. The fourth-order valence-electron chi connectivity index (χ4n) is 3.13. The molecule has 2 N–H and O–H groups in total. The zero-order chi connectivity index (χ0) is 15.9. The first-order valence-electron chi connectivity index (χ1n) is 8.39. The lowest BCUT2D eigenvalue weighted by Gasteiger charge is -2.29. The van der Waals surface area contributed by atoms with Crippen LogP contribution in [0.1, 0.15) is 30.9 Å². The fourth-order valence-corrected chi connectivity index (χ4v) is 3.13. The van der Waals surface area contributed by atoms with Crippen molar-refractivity contribution in [3.05, 3.63) is 29.3 Å². The highest BCUT2D eigenvalue weighted by molar-refractivity contribution is 5.93. The molecule has 0 saturated carbocycles. The molecule has 0 spiro atoms. The van der Waals surface area contributed by atoms with Crippen LogP contribution in [-0.2, 0) is 4.79 Å². The highest BCUT2D eigenvalue weighted by atomic mass is 16.2. The number of piperidine rings is 1. The number of nitrogens with one attached hydrogen (secondary N) is 2. The molecular weight excluding hydrogens is 274 g/mol. The smallest absolute Gasteiger partial charge is 0.238 e. The van der Waals surface area contributed by atoms with Gasteiger partial charge in [-0.25, -0.2) is 0 Å². The fraction of sp³-hybridized carbons (Fsp3) is 0.611. The number of para-hydroxylation sites is 1. The third-order valence-corrected chi connectivity index (χ3v) is 4.54. The van der Waals surface area contributed by atoms with Crippen molar-refractivity contribution in [3.63, 3.8) is 0 Å². The summed E-state index contributed by atoms with van der Waals surface area (Å²) in [4.78, 5) is 14.6. The summed E-state index contributed by atoms with van der Waals surface area (Å²) in [7, 11) is 0. The van der Waals surface area contributed by atoms with Crippen LogP contribution in [0.2, 0.25) is 0 Å². The molecule has 1 fully saturated rings. The number of likely N-dealkylation sites (N-methyl/N-ethyl adjacent to an activating group) is 1. The van der Waals surface area contributed by atoms with Crippen molar-refractivity contribution in [2.24, 2.45) is 5.92 Å². The van der Waals surface area contributed by atoms with Crippen LogP contribution in [0, 0.1) is 19.8 Å². The Balaban J connectivity index is 1.88. The molecule has 22 heavy (non-hydrogen) atoms. The molecule has 1 aliphatic rings. The number of carbonyl (C=O) groups excluding carboxylic acids is 1. The van der Waals surface area contributed by atoms with Gasteiger partial charge in [-0.15, -0.1) is 0 Å². The molecule has 0 unspecified atom stereocenters. The number of benzene rings is 1. The second-order valence-corrected chi connectivity index (χ2v) is 6.34. The number of rotatable bonds is 6.